The lowest BCUT2D eigenvalue weighted by atomic mass is 10.1. The summed E-state index contributed by atoms with van der Waals surface area (Å²) in [5, 5.41) is 23.0. The van der Waals surface area contributed by atoms with Crippen molar-refractivity contribution >= 4 is 11.6 Å². The van der Waals surface area contributed by atoms with E-state index in [1.54, 1.807) is 36.4 Å². The largest absolute Gasteiger partial charge is 0.359 e. The van der Waals surface area contributed by atoms with Gasteiger partial charge in [0.2, 0.25) is 0 Å². The second-order valence-corrected chi connectivity index (χ2v) is 4.08. The van der Waals surface area contributed by atoms with Gasteiger partial charge in [-0.15, -0.1) is 0 Å². The second-order valence-electron chi connectivity index (χ2n) is 4.08. The topological polar surface area (TPSA) is 88.7 Å². The molecule has 0 aliphatic rings. The normalized spacial score (nSPS) is 8.95. The van der Waals surface area contributed by atoms with Crippen LogP contribution in [-0.4, -0.2) is 12.5 Å². The van der Waals surface area contributed by atoms with Crippen LogP contribution in [0.3, 0.4) is 0 Å². The molecule has 0 bridgehead atoms. The van der Waals surface area contributed by atoms with Crippen LogP contribution in [0.5, 0.6) is 0 Å². The number of nitrogens with one attached hydrogen (secondary N) is 2. The van der Waals surface area contributed by atoms with Crippen LogP contribution < -0.4 is 10.6 Å². The predicted octanol–water partition coefficient (Wildman–Crippen LogP) is 2.56. The predicted molar refractivity (Wildman–Crippen MR) is 76.6 cm³/mol. The fourth-order valence-corrected chi connectivity index (χ4v) is 1.52. The number of carbonyl (C=O) groups is 1. The van der Waals surface area contributed by atoms with Gasteiger partial charge >= 0.3 is 0 Å². The standard InChI is InChI=1S/C15H16N4O/c1-2-3-8-18-15(20)13-6-4-5-7-14(13)19-11-12(9-16)10-17/h4-7,11,19H,2-3,8H2,1H3,(H,18,20). The van der Waals surface area contributed by atoms with Gasteiger partial charge in [0.05, 0.1) is 11.3 Å². The molecule has 0 aromatic heterocycles. The molecule has 1 rings (SSSR count). The Labute approximate surface area is 118 Å². The molecule has 0 aliphatic carbocycles. The number of carbonyl (C=O) groups excluding carboxylic acids is 1. The summed E-state index contributed by atoms with van der Waals surface area (Å²) in [7, 11) is 0. The summed E-state index contributed by atoms with van der Waals surface area (Å²) >= 11 is 0. The highest BCUT2D eigenvalue weighted by molar-refractivity contribution is 5.99. The van der Waals surface area contributed by atoms with E-state index in [9.17, 15) is 4.79 Å². The van der Waals surface area contributed by atoms with Gasteiger partial charge in [-0.2, -0.15) is 10.5 Å². The average Bonchev–Trinajstić information content (AvgIpc) is 2.49. The minimum Gasteiger partial charge on any atom is -0.359 e. The summed E-state index contributed by atoms with van der Waals surface area (Å²) in [6.07, 6.45) is 3.23. The molecule has 0 fully saturated rings. The van der Waals surface area contributed by atoms with Crippen LogP contribution in [-0.2, 0) is 0 Å². The lowest BCUT2D eigenvalue weighted by Gasteiger charge is -2.09. The van der Waals surface area contributed by atoms with Crippen LogP contribution in [0.15, 0.2) is 36.0 Å². The number of anilines is 1. The van der Waals surface area contributed by atoms with Gasteiger partial charge in [0, 0.05) is 12.7 Å². The van der Waals surface area contributed by atoms with Gasteiger partial charge in [0.15, 0.2) is 0 Å². The minimum absolute atomic E-state index is 0.0498. The monoisotopic (exact) mass is 268 g/mol. The van der Waals surface area contributed by atoms with Gasteiger partial charge in [-0.05, 0) is 18.6 Å². The molecule has 20 heavy (non-hydrogen) atoms. The third-order valence-electron chi connectivity index (χ3n) is 2.60. The number of nitriles is 2. The first-order valence-electron chi connectivity index (χ1n) is 6.37. The van der Waals surface area contributed by atoms with Crippen LogP contribution in [0.2, 0.25) is 0 Å². The van der Waals surface area contributed by atoms with E-state index in [2.05, 4.69) is 17.6 Å². The van der Waals surface area contributed by atoms with Crippen molar-refractivity contribution in [1.82, 2.24) is 5.32 Å². The van der Waals surface area contributed by atoms with E-state index >= 15 is 0 Å². The Morgan fingerprint density at radius 1 is 1.30 bits per heavy atom. The number of para-hydroxylation sites is 1. The Balaban J connectivity index is 2.84. The number of allylic oxidation sites excluding steroid dienone is 1. The number of hydrogen-bond donors (Lipinski definition) is 2. The van der Waals surface area contributed by atoms with Crippen molar-refractivity contribution < 1.29 is 4.79 Å². The summed E-state index contributed by atoms with van der Waals surface area (Å²) in [5.74, 6) is -0.176. The molecule has 5 heteroatoms. The smallest absolute Gasteiger partial charge is 0.253 e. The highest BCUT2D eigenvalue weighted by Crippen LogP contribution is 2.15. The first-order valence-corrected chi connectivity index (χ1v) is 6.37. The second kappa shape index (κ2) is 8.34. The first-order chi connectivity index (χ1) is 9.72. The van der Waals surface area contributed by atoms with Crippen molar-refractivity contribution in [3.8, 4) is 12.1 Å². The molecule has 0 saturated heterocycles. The zero-order chi connectivity index (χ0) is 14.8. The maximum atomic E-state index is 12.0. The molecule has 0 saturated carbocycles. The molecule has 0 aliphatic heterocycles. The molecule has 0 heterocycles. The highest BCUT2D eigenvalue weighted by Gasteiger charge is 2.09. The zero-order valence-electron chi connectivity index (χ0n) is 11.3. The first kappa shape index (κ1) is 15.3. The van der Waals surface area contributed by atoms with E-state index in [0.717, 1.165) is 12.8 Å². The lowest BCUT2D eigenvalue weighted by Crippen LogP contribution is -2.25. The van der Waals surface area contributed by atoms with Crippen LogP contribution in [0.4, 0.5) is 5.69 Å². The molecule has 0 atom stereocenters. The highest BCUT2D eigenvalue weighted by atomic mass is 16.1. The molecule has 102 valence electrons. The average molecular weight is 268 g/mol. The summed E-state index contributed by atoms with van der Waals surface area (Å²) in [5.41, 5.74) is 0.991. The number of benzene rings is 1. The minimum atomic E-state index is -0.176. The van der Waals surface area contributed by atoms with Gasteiger partial charge in [-0.1, -0.05) is 25.5 Å². The SMILES string of the molecule is CCCCNC(=O)c1ccccc1NC=C(C#N)C#N. The Morgan fingerprint density at radius 2 is 2.00 bits per heavy atom. The van der Waals surface area contributed by atoms with Crippen molar-refractivity contribution in [3.63, 3.8) is 0 Å². The van der Waals surface area contributed by atoms with Gasteiger partial charge in [0.25, 0.3) is 5.91 Å². The summed E-state index contributed by atoms with van der Waals surface area (Å²) < 4.78 is 0. The van der Waals surface area contributed by atoms with Gasteiger partial charge in [-0.3, -0.25) is 4.79 Å². The van der Waals surface area contributed by atoms with Crippen LogP contribution in [0, 0.1) is 22.7 Å². The van der Waals surface area contributed by atoms with E-state index in [1.807, 2.05) is 0 Å². The maximum Gasteiger partial charge on any atom is 0.253 e. The fourth-order valence-electron chi connectivity index (χ4n) is 1.52. The molecule has 5 nitrogen and oxygen atoms in total. The number of nitrogens with zero attached hydrogens (tertiary/aromatic N) is 2. The molecular weight excluding hydrogens is 252 g/mol. The van der Waals surface area contributed by atoms with Crippen molar-refractivity contribution in [1.29, 1.82) is 10.5 Å². The third kappa shape index (κ3) is 4.47. The van der Waals surface area contributed by atoms with Crippen LogP contribution in [0.1, 0.15) is 30.1 Å². The lowest BCUT2D eigenvalue weighted by molar-refractivity contribution is 0.0954. The molecule has 1 amide bonds. The number of unbranched alkanes of at least 4 members (excludes halogenated alkanes) is 1. The summed E-state index contributed by atoms with van der Waals surface area (Å²) in [4.78, 5) is 12.0. The van der Waals surface area contributed by atoms with Gasteiger partial charge < -0.3 is 10.6 Å². The molecule has 0 unspecified atom stereocenters. The quantitative estimate of drug-likeness (QED) is 0.613. The Bertz CT molecular complexity index is 562. The molecule has 1 aromatic rings. The van der Waals surface area contributed by atoms with Gasteiger partial charge in [-0.25, -0.2) is 0 Å². The van der Waals surface area contributed by atoms with E-state index in [4.69, 9.17) is 10.5 Å². The molecule has 0 radical (unpaired) electrons. The van der Waals surface area contributed by atoms with E-state index in [1.165, 1.54) is 6.20 Å². The fraction of sp³-hybridized carbons (Fsp3) is 0.267. The van der Waals surface area contributed by atoms with Crippen molar-refractivity contribution in [2.24, 2.45) is 0 Å². The van der Waals surface area contributed by atoms with Crippen molar-refractivity contribution in [2.75, 3.05) is 11.9 Å². The maximum absolute atomic E-state index is 12.0. The Morgan fingerprint density at radius 3 is 2.65 bits per heavy atom. The van der Waals surface area contributed by atoms with E-state index < -0.39 is 0 Å². The molecule has 1 aromatic carbocycles. The van der Waals surface area contributed by atoms with E-state index in [-0.39, 0.29) is 11.5 Å². The number of rotatable bonds is 6. The van der Waals surface area contributed by atoms with Crippen LogP contribution in [0.25, 0.3) is 0 Å². The third-order valence-corrected chi connectivity index (χ3v) is 2.60. The van der Waals surface area contributed by atoms with Crippen LogP contribution >= 0.6 is 0 Å². The van der Waals surface area contributed by atoms with Crippen molar-refractivity contribution in [2.45, 2.75) is 19.8 Å². The van der Waals surface area contributed by atoms with Crippen molar-refractivity contribution in [3.05, 3.63) is 41.6 Å². The molecular formula is C15H16N4O. The Kier molecular flexibility index (Phi) is 6.36. The summed E-state index contributed by atoms with van der Waals surface area (Å²) in [6, 6.07) is 10.4. The summed E-state index contributed by atoms with van der Waals surface area (Å²) in [6.45, 7) is 2.68. The van der Waals surface area contributed by atoms with E-state index in [0.29, 0.717) is 17.8 Å². The molecule has 0 spiro atoms. The zero-order valence-corrected chi connectivity index (χ0v) is 11.3. The Hall–Kier alpha value is -2.79. The molecule has 2 N–H and O–H groups in total. The number of hydrogen-bond acceptors (Lipinski definition) is 4. The van der Waals surface area contributed by atoms with Gasteiger partial charge in [0.1, 0.15) is 17.7 Å². The number of amides is 1.